The highest BCUT2D eigenvalue weighted by atomic mass is 15.1. The van der Waals surface area contributed by atoms with Gasteiger partial charge < -0.3 is 4.90 Å². The molecule has 0 fully saturated rings. The van der Waals surface area contributed by atoms with E-state index in [4.69, 9.17) is 0 Å². The molecular formula is C46H31N. The fraction of sp³-hybridized carbons (Fsp3) is 0. The van der Waals surface area contributed by atoms with E-state index in [9.17, 15) is 0 Å². The summed E-state index contributed by atoms with van der Waals surface area (Å²) in [5.41, 5.74) is 8.32. The molecule has 220 valence electrons. The van der Waals surface area contributed by atoms with Crippen molar-refractivity contribution in [3.63, 3.8) is 0 Å². The highest BCUT2D eigenvalue weighted by Gasteiger charge is 2.16. The lowest BCUT2D eigenvalue weighted by atomic mass is 9.94. The van der Waals surface area contributed by atoms with Crippen molar-refractivity contribution in [3.05, 3.63) is 188 Å². The normalized spacial score (nSPS) is 11.4. The predicted molar refractivity (Wildman–Crippen MR) is 202 cm³/mol. The molecule has 0 bridgehead atoms. The molecule has 1 heteroatoms. The van der Waals surface area contributed by atoms with Crippen LogP contribution in [-0.2, 0) is 0 Å². The van der Waals surface area contributed by atoms with E-state index >= 15 is 0 Å². The number of benzene rings is 9. The number of hydrogen-bond acceptors (Lipinski definition) is 1. The van der Waals surface area contributed by atoms with E-state index in [0.717, 1.165) is 17.1 Å². The molecule has 0 spiro atoms. The van der Waals surface area contributed by atoms with E-state index in [1.165, 1.54) is 65.3 Å². The van der Waals surface area contributed by atoms with Crippen molar-refractivity contribution in [2.24, 2.45) is 0 Å². The van der Waals surface area contributed by atoms with Crippen LogP contribution < -0.4 is 4.90 Å². The molecule has 0 amide bonds. The zero-order valence-corrected chi connectivity index (χ0v) is 25.8. The molecule has 0 N–H and O–H groups in total. The number of fused-ring (bicyclic) bond motifs is 4. The summed E-state index contributed by atoms with van der Waals surface area (Å²) in [7, 11) is 0. The van der Waals surface area contributed by atoms with Gasteiger partial charge in [0.1, 0.15) is 0 Å². The summed E-state index contributed by atoms with van der Waals surface area (Å²) in [6.45, 7) is 0. The second kappa shape index (κ2) is 11.3. The Bertz CT molecular complexity index is 2560. The van der Waals surface area contributed by atoms with Crippen LogP contribution >= 0.6 is 0 Å². The third-order valence-corrected chi connectivity index (χ3v) is 9.38. The Morgan fingerprint density at radius 1 is 0.277 bits per heavy atom. The smallest absolute Gasteiger partial charge is 0.0540 e. The number of hydrogen-bond donors (Lipinski definition) is 0. The summed E-state index contributed by atoms with van der Waals surface area (Å²) in [5.74, 6) is 0. The molecule has 1 nitrogen and oxygen atoms in total. The first-order valence-corrected chi connectivity index (χ1v) is 16.2. The van der Waals surface area contributed by atoms with Crippen LogP contribution in [0.1, 0.15) is 0 Å². The van der Waals surface area contributed by atoms with Gasteiger partial charge >= 0.3 is 0 Å². The summed E-state index contributed by atoms with van der Waals surface area (Å²) in [5, 5.41) is 9.99. The molecular weight excluding hydrogens is 567 g/mol. The molecule has 0 atom stereocenters. The maximum absolute atomic E-state index is 2.38. The van der Waals surface area contributed by atoms with Crippen molar-refractivity contribution < 1.29 is 0 Å². The monoisotopic (exact) mass is 597 g/mol. The molecule has 9 aromatic carbocycles. The van der Waals surface area contributed by atoms with Crippen LogP contribution in [0.5, 0.6) is 0 Å². The largest absolute Gasteiger partial charge is 0.310 e. The quantitative estimate of drug-likeness (QED) is 0.178. The highest BCUT2D eigenvalue weighted by molar-refractivity contribution is 6.06. The summed E-state index contributed by atoms with van der Waals surface area (Å²) in [6, 6.07) is 68.3. The Morgan fingerprint density at radius 2 is 0.830 bits per heavy atom. The van der Waals surface area contributed by atoms with E-state index in [-0.39, 0.29) is 0 Å². The second-order valence-electron chi connectivity index (χ2n) is 12.2. The van der Waals surface area contributed by atoms with E-state index in [1.807, 2.05) is 0 Å². The second-order valence-corrected chi connectivity index (χ2v) is 12.2. The molecule has 9 aromatic rings. The Hall–Kier alpha value is -6.18. The molecule has 0 aromatic heterocycles. The topological polar surface area (TPSA) is 3.24 Å². The summed E-state index contributed by atoms with van der Waals surface area (Å²) in [6.07, 6.45) is 0. The average Bonchev–Trinajstić information content (AvgIpc) is 3.14. The Kier molecular flexibility index (Phi) is 6.54. The molecule has 0 heterocycles. The Balaban J connectivity index is 1.15. The predicted octanol–water partition coefficient (Wildman–Crippen LogP) is 13.1. The number of anilines is 3. The zero-order valence-electron chi connectivity index (χ0n) is 25.8. The van der Waals surface area contributed by atoms with Gasteiger partial charge in [-0.15, -0.1) is 0 Å². The Morgan fingerprint density at radius 3 is 1.62 bits per heavy atom. The van der Waals surface area contributed by atoms with Crippen molar-refractivity contribution >= 4 is 60.2 Å². The van der Waals surface area contributed by atoms with E-state index in [2.05, 4.69) is 193 Å². The van der Waals surface area contributed by atoms with Crippen molar-refractivity contribution in [2.75, 3.05) is 4.90 Å². The first kappa shape index (κ1) is 27.2. The van der Waals surface area contributed by atoms with Crippen molar-refractivity contribution in [2.45, 2.75) is 0 Å². The van der Waals surface area contributed by atoms with Crippen LogP contribution in [0, 0.1) is 0 Å². The van der Waals surface area contributed by atoms with E-state index in [1.54, 1.807) is 0 Å². The van der Waals surface area contributed by atoms with Gasteiger partial charge in [-0.2, -0.15) is 0 Å². The van der Waals surface area contributed by atoms with Gasteiger partial charge in [0, 0.05) is 16.8 Å². The molecule has 47 heavy (non-hydrogen) atoms. The summed E-state index contributed by atoms with van der Waals surface area (Å²) < 4.78 is 0. The van der Waals surface area contributed by atoms with Gasteiger partial charge in [-0.25, -0.2) is 0 Å². The zero-order chi connectivity index (χ0) is 31.2. The van der Waals surface area contributed by atoms with Gasteiger partial charge in [-0.05, 0) is 115 Å². The van der Waals surface area contributed by atoms with Crippen LogP contribution in [0.2, 0.25) is 0 Å². The lowest BCUT2D eigenvalue weighted by Gasteiger charge is -2.27. The Labute approximate surface area is 274 Å². The first-order valence-electron chi connectivity index (χ1n) is 16.2. The van der Waals surface area contributed by atoms with E-state index in [0.29, 0.717) is 0 Å². The molecule has 0 unspecified atom stereocenters. The van der Waals surface area contributed by atoms with E-state index < -0.39 is 0 Å². The third kappa shape index (κ3) is 4.90. The number of rotatable bonds is 5. The first-order chi connectivity index (χ1) is 23.3. The third-order valence-electron chi connectivity index (χ3n) is 9.38. The summed E-state index contributed by atoms with van der Waals surface area (Å²) >= 11 is 0. The van der Waals surface area contributed by atoms with Crippen LogP contribution in [0.3, 0.4) is 0 Å². The molecule has 9 rings (SSSR count). The molecule has 0 aliphatic rings. The van der Waals surface area contributed by atoms with Gasteiger partial charge in [0.05, 0.1) is 5.69 Å². The van der Waals surface area contributed by atoms with Crippen LogP contribution in [0.25, 0.3) is 65.3 Å². The maximum atomic E-state index is 2.38. The van der Waals surface area contributed by atoms with Gasteiger partial charge in [-0.1, -0.05) is 133 Å². The van der Waals surface area contributed by atoms with Crippen LogP contribution in [-0.4, -0.2) is 0 Å². The fourth-order valence-electron chi connectivity index (χ4n) is 7.01. The van der Waals surface area contributed by atoms with Gasteiger partial charge in [0.15, 0.2) is 0 Å². The van der Waals surface area contributed by atoms with Crippen molar-refractivity contribution in [1.29, 1.82) is 0 Å². The summed E-state index contributed by atoms with van der Waals surface area (Å²) in [4.78, 5) is 2.38. The fourth-order valence-corrected chi connectivity index (χ4v) is 7.01. The lowest BCUT2D eigenvalue weighted by molar-refractivity contribution is 1.30. The molecule has 0 aliphatic carbocycles. The SMILES string of the molecule is c1ccc(N(c2ccc(-c3cccc4ccc(-c5ccc6ccccc6c5)cc34)cc2)c2cccc3cc4ccccc4cc23)cc1. The lowest BCUT2D eigenvalue weighted by Crippen LogP contribution is -2.10. The van der Waals surface area contributed by atoms with Gasteiger partial charge in [0.25, 0.3) is 0 Å². The van der Waals surface area contributed by atoms with Crippen LogP contribution in [0.4, 0.5) is 17.1 Å². The maximum Gasteiger partial charge on any atom is 0.0540 e. The van der Waals surface area contributed by atoms with Gasteiger partial charge in [0.2, 0.25) is 0 Å². The minimum Gasteiger partial charge on any atom is -0.310 e. The number of nitrogens with zero attached hydrogens (tertiary/aromatic N) is 1. The average molecular weight is 598 g/mol. The van der Waals surface area contributed by atoms with Crippen molar-refractivity contribution in [1.82, 2.24) is 0 Å². The molecule has 0 saturated heterocycles. The van der Waals surface area contributed by atoms with Crippen molar-refractivity contribution in [3.8, 4) is 22.3 Å². The van der Waals surface area contributed by atoms with Crippen LogP contribution in [0.15, 0.2) is 188 Å². The minimum atomic E-state index is 1.12. The standard InChI is InChI=1S/C46H31N/c1-2-16-41(17-3-1)47(46-19-9-15-40-29-36-12-6-7-13-37(36)31-45(40)46)42-26-24-34(25-27-42)43-18-8-14-33-21-23-39(30-44(33)43)38-22-20-32-10-4-5-11-35(32)28-38/h1-31H. The molecule has 0 radical (unpaired) electrons. The molecule has 0 aliphatic heterocycles. The minimum absolute atomic E-state index is 1.12. The number of para-hydroxylation sites is 1. The highest BCUT2D eigenvalue weighted by Crippen LogP contribution is 2.41. The molecule has 0 saturated carbocycles. The van der Waals surface area contributed by atoms with Gasteiger partial charge in [-0.3, -0.25) is 0 Å².